The fourth-order valence-electron chi connectivity index (χ4n) is 1.76. The molecule has 14 heavy (non-hydrogen) atoms. The van der Waals surface area contributed by atoms with E-state index >= 15 is 0 Å². The summed E-state index contributed by atoms with van der Waals surface area (Å²) in [4.78, 5) is 0. The minimum Gasteiger partial charge on any atom is -0.316 e. The fourth-order valence-corrected chi connectivity index (χ4v) is 2.21. The number of hydrogen-bond acceptors (Lipinski definition) is 2. The van der Waals surface area contributed by atoms with E-state index in [9.17, 15) is 0 Å². The van der Waals surface area contributed by atoms with E-state index in [0.29, 0.717) is 0 Å². The average Bonchev–Trinajstić information content (AvgIpc) is 2.18. The molecule has 0 rings (SSSR count). The van der Waals surface area contributed by atoms with Gasteiger partial charge in [0.05, 0.1) is 0 Å². The molecule has 0 aliphatic rings. The molecule has 0 aromatic rings. The Balaban J connectivity index is 3.44. The van der Waals surface area contributed by atoms with Crippen molar-refractivity contribution in [3.63, 3.8) is 0 Å². The number of nitrogens with one attached hydrogen (secondary N) is 1. The van der Waals surface area contributed by atoms with Crippen LogP contribution >= 0.6 is 11.8 Å². The van der Waals surface area contributed by atoms with Crippen LogP contribution in [0, 0.1) is 5.92 Å². The van der Waals surface area contributed by atoms with E-state index in [0.717, 1.165) is 5.92 Å². The fraction of sp³-hybridized carbons (Fsp3) is 1.00. The van der Waals surface area contributed by atoms with Gasteiger partial charge in [-0.25, -0.2) is 0 Å². The molecule has 0 bridgehead atoms. The lowest BCUT2D eigenvalue weighted by atomic mass is 9.98. The monoisotopic (exact) mass is 217 g/mol. The van der Waals surface area contributed by atoms with Crippen LogP contribution in [-0.2, 0) is 0 Å². The Hall–Kier alpha value is 0.310. The molecule has 1 N–H and O–H groups in total. The normalized spacial score (nSPS) is 13.1. The Morgan fingerprint density at radius 2 is 1.93 bits per heavy atom. The zero-order valence-corrected chi connectivity index (χ0v) is 11.0. The highest BCUT2D eigenvalue weighted by molar-refractivity contribution is 7.98. The molecule has 86 valence electrons. The predicted molar refractivity (Wildman–Crippen MR) is 69.2 cm³/mol. The van der Waals surface area contributed by atoms with Crippen molar-refractivity contribution >= 4 is 11.8 Å². The van der Waals surface area contributed by atoms with Crippen molar-refractivity contribution in [3.05, 3.63) is 0 Å². The molecule has 0 saturated carbocycles. The minimum atomic E-state index is 0.915. The molecule has 0 aliphatic heterocycles. The molecule has 0 aromatic carbocycles. The third-order valence-electron chi connectivity index (χ3n) is 2.52. The van der Waals surface area contributed by atoms with E-state index in [1.54, 1.807) is 0 Å². The molecule has 0 spiro atoms. The zero-order valence-electron chi connectivity index (χ0n) is 10.1. The van der Waals surface area contributed by atoms with Crippen LogP contribution in [0.15, 0.2) is 0 Å². The molecular weight excluding hydrogens is 190 g/mol. The van der Waals surface area contributed by atoms with E-state index in [1.165, 1.54) is 50.9 Å². The van der Waals surface area contributed by atoms with Crippen LogP contribution < -0.4 is 5.32 Å². The predicted octanol–water partition coefficient (Wildman–Crippen LogP) is 3.55. The summed E-state index contributed by atoms with van der Waals surface area (Å²) in [5.41, 5.74) is 0. The second kappa shape index (κ2) is 11.4. The Bertz CT molecular complexity index is 96.5. The highest BCUT2D eigenvalue weighted by Gasteiger charge is 2.06. The average molecular weight is 217 g/mol. The van der Waals surface area contributed by atoms with Crippen molar-refractivity contribution in [2.75, 3.05) is 25.1 Å². The topological polar surface area (TPSA) is 12.0 Å². The van der Waals surface area contributed by atoms with Gasteiger partial charge in [-0.2, -0.15) is 11.8 Å². The van der Waals surface area contributed by atoms with E-state index in [2.05, 4.69) is 25.4 Å². The summed E-state index contributed by atoms with van der Waals surface area (Å²) < 4.78 is 0. The SMILES string of the molecule is CCCNCC(CCC)CCCSC. The summed E-state index contributed by atoms with van der Waals surface area (Å²) in [5, 5.41) is 3.54. The van der Waals surface area contributed by atoms with Crippen molar-refractivity contribution in [3.8, 4) is 0 Å². The van der Waals surface area contributed by atoms with Gasteiger partial charge in [-0.15, -0.1) is 0 Å². The second-order valence-corrected chi connectivity index (χ2v) is 4.98. The van der Waals surface area contributed by atoms with Gasteiger partial charge in [0.2, 0.25) is 0 Å². The van der Waals surface area contributed by atoms with Crippen LogP contribution in [-0.4, -0.2) is 25.1 Å². The van der Waals surface area contributed by atoms with E-state index in [1.807, 2.05) is 11.8 Å². The third kappa shape index (κ3) is 8.89. The summed E-state index contributed by atoms with van der Waals surface area (Å²) in [7, 11) is 0. The Kier molecular flexibility index (Phi) is 11.6. The largest absolute Gasteiger partial charge is 0.316 e. The molecule has 0 heterocycles. The first kappa shape index (κ1) is 14.3. The van der Waals surface area contributed by atoms with Crippen molar-refractivity contribution in [2.24, 2.45) is 5.92 Å². The van der Waals surface area contributed by atoms with Gasteiger partial charge in [0.1, 0.15) is 0 Å². The lowest BCUT2D eigenvalue weighted by Gasteiger charge is -2.16. The molecule has 0 saturated heterocycles. The number of thioether (sulfide) groups is 1. The Morgan fingerprint density at radius 3 is 2.50 bits per heavy atom. The molecule has 0 radical (unpaired) electrons. The van der Waals surface area contributed by atoms with Crippen LogP contribution in [0.1, 0.15) is 46.0 Å². The van der Waals surface area contributed by atoms with E-state index in [4.69, 9.17) is 0 Å². The smallest absolute Gasteiger partial charge is 0.00205 e. The van der Waals surface area contributed by atoms with Crippen LogP contribution in [0.3, 0.4) is 0 Å². The molecule has 0 aromatic heterocycles. The van der Waals surface area contributed by atoms with Crippen LogP contribution in [0.5, 0.6) is 0 Å². The number of rotatable bonds is 10. The molecule has 1 atom stereocenters. The highest BCUT2D eigenvalue weighted by atomic mass is 32.2. The zero-order chi connectivity index (χ0) is 10.6. The van der Waals surface area contributed by atoms with Crippen molar-refractivity contribution in [2.45, 2.75) is 46.0 Å². The molecule has 0 amide bonds. The first-order chi connectivity index (χ1) is 6.85. The minimum absolute atomic E-state index is 0.915. The van der Waals surface area contributed by atoms with Crippen molar-refractivity contribution < 1.29 is 0 Å². The number of hydrogen-bond donors (Lipinski definition) is 1. The summed E-state index contributed by atoms with van der Waals surface area (Å²) >= 11 is 1.97. The van der Waals surface area contributed by atoms with Crippen molar-refractivity contribution in [1.82, 2.24) is 5.32 Å². The molecule has 2 heteroatoms. The van der Waals surface area contributed by atoms with E-state index < -0.39 is 0 Å². The Morgan fingerprint density at radius 1 is 1.14 bits per heavy atom. The standard InChI is InChI=1S/C12H27NS/c1-4-7-12(8-6-10-14-3)11-13-9-5-2/h12-13H,4-11H2,1-3H3. The maximum atomic E-state index is 3.54. The third-order valence-corrected chi connectivity index (χ3v) is 3.21. The first-order valence-corrected chi connectivity index (χ1v) is 7.44. The van der Waals surface area contributed by atoms with Gasteiger partial charge in [0.25, 0.3) is 0 Å². The highest BCUT2D eigenvalue weighted by Crippen LogP contribution is 2.14. The lowest BCUT2D eigenvalue weighted by molar-refractivity contribution is 0.412. The van der Waals surface area contributed by atoms with Gasteiger partial charge in [-0.3, -0.25) is 0 Å². The van der Waals surface area contributed by atoms with Gasteiger partial charge in [-0.05, 0) is 56.7 Å². The molecule has 1 unspecified atom stereocenters. The summed E-state index contributed by atoms with van der Waals surface area (Å²) in [6.07, 6.45) is 8.97. The first-order valence-electron chi connectivity index (χ1n) is 6.04. The molecule has 1 nitrogen and oxygen atoms in total. The summed E-state index contributed by atoms with van der Waals surface area (Å²) in [5.74, 6) is 2.24. The molecule has 0 aliphatic carbocycles. The second-order valence-electron chi connectivity index (χ2n) is 3.99. The van der Waals surface area contributed by atoms with E-state index in [-0.39, 0.29) is 0 Å². The van der Waals surface area contributed by atoms with Gasteiger partial charge in [0, 0.05) is 0 Å². The van der Waals surface area contributed by atoms with Gasteiger partial charge in [0.15, 0.2) is 0 Å². The van der Waals surface area contributed by atoms with Gasteiger partial charge >= 0.3 is 0 Å². The van der Waals surface area contributed by atoms with Crippen molar-refractivity contribution in [1.29, 1.82) is 0 Å². The quantitative estimate of drug-likeness (QED) is 0.562. The van der Waals surface area contributed by atoms with Crippen LogP contribution in [0.25, 0.3) is 0 Å². The Labute approximate surface area is 94.4 Å². The summed E-state index contributed by atoms with van der Waals surface area (Å²) in [6, 6.07) is 0. The molecule has 0 fully saturated rings. The van der Waals surface area contributed by atoms with Crippen LogP contribution in [0.2, 0.25) is 0 Å². The molecular formula is C12H27NS. The lowest BCUT2D eigenvalue weighted by Crippen LogP contribution is -2.23. The maximum absolute atomic E-state index is 3.54. The van der Waals surface area contributed by atoms with Crippen LogP contribution in [0.4, 0.5) is 0 Å². The van der Waals surface area contributed by atoms with Gasteiger partial charge < -0.3 is 5.32 Å². The maximum Gasteiger partial charge on any atom is -0.00205 e. The summed E-state index contributed by atoms with van der Waals surface area (Å²) in [6.45, 7) is 6.94. The van der Waals surface area contributed by atoms with Gasteiger partial charge in [-0.1, -0.05) is 20.3 Å².